The second kappa shape index (κ2) is 7.87. The molecule has 0 aromatic rings. The smallest absolute Gasteiger partial charge is 0.242 e. The van der Waals surface area contributed by atoms with Gasteiger partial charge in [-0.2, -0.15) is 0 Å². The lowest BCUT2D eigenvalue weighted by atomic mass is 10.3. The number of hydrogen-bond acceptors (Lipinski definition) is 5. The van der Waals surface area contributed by atoms with E-state index in [1.54, 1.807) is 11.0 Å². The van der Waals surface area contributed by atoms with Gasteiger partial charge in [0.1, 0.15) is 6.54 Å². The maximum absolute atomic E-state index is 12.2. The topological polar surface area (TPSA) is 90.0 Å². The Kier molecular flexibility index (Phi) is 5.86. The molecule has 0 bridgehead atoms. The highest BCUT2D eigenvalue weighted by Crippen LogP contribution is 2.12. The molecule has 2 aliphatic heterocycles. The van der Waals surface area contributed by atoms with Gasteiger partial charge in [-0.05, 0) is 0 Å². The molecule has 2 rings (SSSR count). The van der Waals surface area contributed by atoms with Crippen LogP contribution in [0.4, 0.5) is 0 Å². The molecule has 8 nitrogen and oxygen atoms in total. The predicted molar refractivity (Wildman–Crippen MR) is 82.2 cm³/mol. The van der Waals surface area contributed by atoms with Gasteiger partial charge in [-0.15, -0.1) is 6.58 Å². The summed E-state index contributed by atoms with van der Waals surface area (Å²) in [5.74, 6) is -0.843. The number of piperazine rings is 1. The van der Waals surface area contributed by atoms with Crippen molar-refractivity contribution >= 4 is 23.6 Å². The molecular weight excluding hydrogens is 300 g/mol. The third-order valence-corrected chi connectivity index (χ3v) is 3.98. The van der Waals surface area contributed by atoms with Crippen LogP contribution in [-0.4, -0.2) is 84.1 Å². The first kappa shape index (κ1) is 17.1. The Labute approximate surface area is 135 Å². The van der Waals surface area contributed by atoms with E-state index in [-0.39, 0.29) is 43.0 Å². The second-order valence-electron chi connectivity index (χ2n) is 5.62. The standard InChI is InChI=1S/C15H22N4O4/c1-2-5-16-12(20)10-17-6-8-18(9-7-17)15(23)11-19-13(21)3-4-14(19)22/h2H,1,3-11H2,(H,16,20). The number of nitrogens with zero attached hydrogens (tertiary/aromatic N) is 3. The summed E-state index contributed by atoms with van der Waals surface area (Å²) in [5.41, 5.74) is 0. The summed E-state index contributed by atoms with van der Waals surface area (Å²) in [6.07, 6.45) is 2.01. The van der Waals surface area contributed by atoms with Crippen molar-refractivity contribution in [3.63, 3.8) is 0 Å². The SMILES string of the molecule is C=CCNC(=O)CN1CCN(C(=O)CN2C(=O)CCC2=O)CC1. The number of nitrogens with one attached hydrogen (secondary N) is 1. The summed E-state index contributed by atoms with van der Waals surface area (Å²) in [7, 11) is 0. The van der Waals surface area contributed by atoms with Crippen LogP contribution in [0.25, 0.3) is 0 Å². The summed E-state index contributed by atoms with van der Waals surface area (Å²) in [6, 6.07) is 0. The van der Waals surface area contributed by atoms with Crippen LogP contribution in [0.15, 0.2) is 12.7 Å². The van der Waals surface area contributed by atoms with Crippen molar-refractivity contribution in [2.24, 2.45) is 0 Å². The van der Waals surface area contributed by atoms with Crippen LogP contribution in [0.1, 0.15) is 12.8 Å². The highest BCUT2D eigenvalue weighted by atomic mass is 16.2. The van der Waals surface area contributed by atoms with E-state index in [0.29, 0.717) is 39.3 Å². The van der Waals surface area contributed by atoms with Gasteiger partial charge in [0.25, 0.3) is 0 Å². The van der Waals surface area contributed by atoms with Crippen LogP contribution >= 0.6 is 0 Å². The molecule has 4 amide bonds. The molecule has 0 aromatic heterocycles. The van der Waals surface area contributed by atoms with Crippen LogP contribution < -0.4 is 5.32 Å². The molecule has 126 valence electrons. The average molecular weight is 322 g/mol. The van der Waals surface area contributed by atoms with Gasteiger partial charge >= 0.3 is 0 Å². The summed E-state index contributed by atoms with van der Waals surface area (Å²) < 4.78 is 0. The first-order valence-corrected chi connectivity index (χ1v) is 7.72. The Morgan fingerprint density at radius 1 is 1.04 bits per heavy atom. The lowest BCUT2D eigenvalue weighted by molar-refractivity contribution is -0.146. The quantitative estimate of drug-likeness (QED) is 0.479. The third kappa shape index (κ3) is 4.62. The van der Waals surface area contributed by atoms with Crippen molar-refractivity contribution < 1.29 is 19.2 Å². The van der Waals surface area contributed by atoms with Gasteiger partial charge < -0.3 is 10.2 Å². The summed E-state index contributed by atoms with van der Waals surface area (Å²) in [4.78, 5) is 51.5. The van der Waals surface area contributed by atoms with Gasteiger partial charge in [0.2, 0.25) is 23.6 Å². The normalized spacial score (nSPS) is 19.1. The van der Waals surface area contributed by atoms with E-state index in [1.165, 1.54) is 0 Å². The number of carbonyl (C=O) groups is 4. The van der Waals surface area contributed by atoms with Crippen molar-refractivity contribution in [1.82, 2.24) is 20.0 Å². The Hall–Kier alpha value is -2.22. The molecule has 23 heavy (non-hydrogen) atoms. The van der Waals surface area contributed by atoms with Gasteiger partial charge in [0.05, 0.1) is 6.54 Å². The highest BCUT2D eigenvalue weighted by molar-refractivity contribution is 6.04. The maximum Gasteiger partial charge on any atom is 0.242 e. The Morgan fingerprint density at radius 2 is 1.65 bits per heavy atom. The molecule has 0 spiro atoms. The van der Waals surface area contributed by atoms with E-state index in [9.17, 15) is 19.2 Å². The first-order chi connectivity index (χ1) is 11.0. The van der Waals surface area contributed by atoms with Gasteiger partial charge in [0.15, 0.2) is 0 Å². The average Bonchev–Trinajstić information content (AvgIpc) is 2.85. The van der Waals surface area contributed by atoms with E-state index < -0.39 is 0 Å². The fourth-order valence-corrected chi connectivity index (χ4v) is 2.63. The summed E-state index contributed by atoms with van der Waals surface area (Å²) in [6.45, 7) is 6.26. The van der Waals surface area contributed by atoms with Crippen LogP contribution in [0.2, 0.25) is 0 Å². The van der Waals surface area contributed by atoms with E-state index >= 15 is 0 Å². The molecule has 8 heteroatoms. The number of amides is 4. The van der Waals surface area contributed by atoms with Crippen LogP contribution in [0, 0.1) is 0 Å². The molecule has 0 aliphatic carbocycles. The molecule has 0 atom stereocenters. The Bertz CT molecular complexity index is 496. The van der Waals surface area contributed by atoms with E-state index in [2.05, 4.69) is 11.9 Å². The molecular formula is C15H22N4O4. The van der Waals surface area contributed by atoms with E-state index in [4.69, 9.17) is 0 Å². The number of likely N-dealkylation sites (tertiary alicyclic amines) is 1. The fraction of sp³-hybridized carbons (Fsp3) is 0.600. The number of rotatable bonds is 6. The first-order valence-electron chi connectivity index (χ1n) is 7.72. The molecule has 2 heterocycles. The predicted octanol–water partition coefficient (Wildman–Crippen LogP) is -1.42. The third-order valence-electron chi connectivity index (χ3n) is 3.98. The fourth-order valence-electron chi connectivity index (χ4n) is 2.63. The van der Waals surface area contributed by atoms with Crippen molar-refractivity contribution in [1.29, 1.82) is 0 Å². The van der Waals surface area contributed by atoms with Crippen molar-refractivity contribution in [3.8, 4) is 0 Å². The minimum Gasteiger partial charge on any atom is -0.352 e. The molecule has 1 N–H and O–H groups in total. The summed E-state index contributed by atoms with van der Waals surface area (Å²) in [5, 5.41) is 2.71. The van der Waals surface area contributed by atoms with Crippen LogP contribution in [-0.2, 0) is 19.2 Å². The molecule has 2 saturated heterocycles. The molecule has 2 fully saturated rings. The van der Waals surface area contributed by atoms with Gasteiger partial charge in [-0.25, -0.2) is 0 Å². The minimum atomic E-state index is -0.277. The highest BCUT2D eigenvalue weighted by Gasteiger charge is 2.32. The number of imide groups is 1. The van der Waals surface area contributed by atoms with Crippen LogP contribution in [0.5, 0.6) is 0 Å². The van der Waals surface area contributed by atoms with E-state index in [0.717, 1.165) is 4.90 Å². The number of hydrogen-bond donors (Lipinski definition) is 1. The van der Waals surface area contributed by atoms with Crippen molar-refractivity contribution in [3.05, 3.63) is 12.7 Å². The van der Waals surface area contributed by atoms with Crippen LogP contribution in [0.3, 0.4) is 0 Å². The van der Waals surface area contributed by atoms with E-state index in [1.807, 2.05) is 4.90 Å². The zero-order valence-corrected chi connectivity index (χ0v) is 13.1. The molecule has 2 aliphatic rings. The Morgan fingerprint density at radius 3 is 2.22 bits per heavy atom. The molecule has 0 radical (unpaired) electrons. The molecule has 0 aromatic carbocycles. The lowest BCUT2D eigenvalue weighted by Gasteiger charge is -2.34. The molecule has 0 unspecified atom stereocenters. The zero-order valence-electron chi connectivity index (χ0n) is 13.1. The lowest BCUT2D eigenvalue weighted by Crippen LogP contribution is -2.53. The molecule has 0 saturated carbocycles. The zero-order chi connectivity index (χ0) is 16.8. The van der Waals surface area contributed by atoms with Gasteiger partial charge in [0, 0.05) is 45.6 Å². The Balaban J connectivity index is 1.74. The summed E-state index contributed by atoms with van der Waals surface area (Å²) >= 11 is 0. The van der Waals surface area contributed by atoms with Gasteiger partial charge in [-0.3, -0.25) is 29.0 Å². The van der Waals surface area contributed by atoms with Crippen molar-refractivity contribution in [2.45, 2.75) is 12.8 Å². The second-order valence-corrected chi connectivity index (χ2v) is 5.62. The maximum atomic E-state index is 12.2. The van der Waals surface area contributed by atoms with Crippen molar-refractivity contribution in [2.75, 3.05) is 45.8 Å². The monoisotopic (exact) mass is 322 g/mol. The largest absolute Gasteiger partial charge is 0.352 e. The van der Waals surface area contributed by atoms with Gasteiger partial charge in [-0.1, -0.05) is 6.08 Å². The minimum absolute atomic E-state index is 0.0714. The number of carbonyl (C=O) groups excluding carboxylic acids is 4.